The first-order valence-corrected chi connectivity index (χ1v) is 9.63. The molecule has 4 rings (SSSR count). The zero-order valence-corrected chi connectivity index (χ0v) is 16.9. The summed E-state index contributed by atoms with van der Waals surface area (Å²) < 4.78 is 5.80. The van der Waals surface area contributed by atoms with Crippen molar-refractivity contribution in [3.63, 3.8) is 0 Å². The van der Waals surface area contributed by atoms with E-state index in [1.807, 2.05) is 30.3 Å². The predicted molar refractivity (Wildman–Crippen MR) is 118 cm³/mol. The molecule has 0 spiro atoms. The number of phenolic OH excluding ortho intramolecular Hbond substituents is 1. The SMILES string of the molecule is O=C(Nc1ccc(Cl)cc1Cl)c1cc2ccc(O)cc2oc1=NNc1ccccc1. The third kappa shape index (κ3) is 4.40. The highest BCUT2D eigenvalue weighted by Crippen LogP contribution is 2.26. The van der Waals surface area contributed by atoms with Crippen molar-refractivity contribution in [3.05, 3.63) is 94.0 Å². The molecular weight excluding hydrogens is 425 g/mol. The van der Waals surface area contributed by atoms with E-state index in [2.05, 4.69) is 15.8 Å². The molecule has 1 heterocycles. The van der Waals surface area contributed by atoms with Gasteiger partial charge in [-0.1, -0.05) is 41.4 Å². The van der Waals surface area contributed by atoms with Crippen LogP contribution in [-0.2, 0) is 0 Å². The van der Waals surface area contributed by atoms with Crippen LogP contribution in [0.2, 0.25) is 10.0 Å². The minimum atomic E-state index is -0.466. The van der Waals surface area contributed by atoms with E-state index in [1.54, 1.807) is 24.3 Å². The molecule has 1 aromatic heterocycles. The van der Waals surface area contributed by atoms with Crippen LogP contribution in [0.15, 0.2) is 82.3 Å². The third-order valence-corrected chi connectivity index (χ3v) is 4.77. The summed E-state index contributed by atoms with van der Waals surface area (Å²) in [4.78, 5) is 13.0. The molecule has 0 radical (unpaired) electrons. The quantitative estimate of drug-likeness (QED) is 0.359. The van der Waals surface area contributed by atoms with Gasteiger partial charge in [0, 0.05) is 16.5 Å². The number of phenols is 1. The maximum Gasteiger partial charge on any atom is 0.261 e. The van der Waals surface area contributed by atoms with Crippen molar-refractivity contribution in [1.82, 2.24) is 0 Å². The second-order valence-electron chi connectivity index (χ2n) is 6.36. The van der Waals surface area contributed by atoms with E-state index in [4.69, 9.17) is 27.6 Å². The Balaban J connectivity index is 1.77. The Morgan fingerprint density at radius 3 is 2.53 bits per heavy atom. The molecular formula is C22H15Cl2N3O3. The van der Waals surface area contributed by atoms with Crippen LogP contribution in [-0.4, -0.2) is 11.0 Å². The molecule has 8 heteroatoms. The molecule has 0 saturated carbocycles. The van der Waals surface area contributed by atoms with E-state index in [9.17, 15) is 9.90 Å². The molecule has 6 nitrogen and oxygen atoms in total. The lowest BCUT2D eigenvalue weighted by Crippen LogP contribution is -2.22. The van der Waals surface area contributed by atoms with Crippen LogP contribution in [0, 0.1) is 0 Å². The average molecular weight is 440 g/mol. The fourth-order valence-electron chi connectivity index (χ4n) is 2.76. The summed E-state index contributed by atoms with van der Waals surface area (Å²) in [5, 5.41) is 18.1. The minimum absolute atomic E-state index is 0.0402. The molecule has 0 atom stereocenters. The topological polar surface area (TPSA) is 86.9 Å². The lowest BCUT2D eigenvalue weighted by Gasteiger charge is -2.09. The van der Waals surface area contributed by atoms with Crippen LogP contribution in [0.3, 0.4) is 0 Å². The first-order valence-electron chi connectivity index (χ1n) is 8.88. The molecule has 0 aliphatic carbocycles. The van der Waals surface area contributed by atoms with Crippen LogP contribution in [0.5, 0.6) is 5.75 Å². The van der Waals surface area contributed by atoms with Gasteiger partial charge in [0.2, 0.25) is 5.55 Å². The number of hydrogen-bond acceptors (Lipinski definition) is 5. The zero-order chi connectivity index (χ0) is 21.1. The number of nitrogens with one attached hydrogen (secondary N) is 2. The molecule has 0 fully saturated rings. The predicted octanol–water partition coefficient (Wildman–Crippen LogP) is 5.63. The molecule has 0 aliphatic heterocycles. The number of aromatic hydroxyl groups is 1. The average Bonchev–Trinajstić information content (AvgIpc) is 2.74. The van der Waals surface area contributed by atoms with Gasteiger partial charge in [0.25, 0.3) is 5.91 Å². The van der Waals surface area contributed by atoms with E-state index in [-0.39, 0.29) is 16.9 Å². The molecule has 3 aromatic carbocycles. The number of nitrogens with zero attached hydrogens (tertiary/aromatic N) is 1. The van der Waals surface area contributed by atoms with Crippen molar-refractivity contribution >= 4 is 51.5 Å². The highest BCUT2D eigenvalue weighted by Gasteiger charge is 2.15. The number of carbonyl (C=O) groups excluding carboxylic acids is 1. The van der Waals surface area contributed by atoms with Crippen LogP contribution in [0.1, 0.15) is 10.4 Å². The Kier molecular flexibility index (Phi) is 5.61. The summed E-state index contributed by atoms with van der Waals surface area (Å²) in [6.45, 7) is 0. The normalized spacial score (nSPS) is 11.5. The second-order valence-corrected chi connectivity index (χ2v) is 7.20. The third-order valence-electron chi connectivity index (χ3n) is 4.22. The van der Waals surface area contributed by atoms with Gasteiger partial charge in [0.05, 0.1) is 16.4 Å². The molecule has 4 aromatic rings. The van der Waals surface area contributed by atoms with Crippen molar-refractivity contribution in [2.75, 3.05) is 10.7 Å². The highest BCUT2D eigenvalue weighted by molar-refractivity contribution is 6.36. The summed E-state index contributed by atoms with van der Waals surface area (Å²) in [6, 6.07) is 20.2. The van der Waals surface area contributed by atoms with E-state index in [0.29, 0.717) is 26.7 Å². The van der Waals surface area contributed by atoms with Crippen molar-refractivity contribution in [2.24, 2.45) is 5.10 Å². The number of halogens is 2. The van der Waals surface area contributed by atoms with Gasteiger partial charge in [-0.2, -0.15) is 0 Å². The summed E-state index contributed by atoms with van der Waals surface area (Å²) in [6.07, 6.45) is 0. The van der Waals surface area contributed by atoms with Crippen molar-refractivity contribution in [2.45, 2.75) is 0 Å². The van der Waals surface area contributed by atoms with Crippen LogP contribution in [0.25, 0.3) is 11.0 Å². The van der Waals surface area contributed by atoms with Gasteiger partial charge in [-0.3, -0.25) is 10.2 Å². The largest absolute Gasteiger partial charge is 0.508 e. The number of hydrogen-bond donors (Lipinski definition) is 3. The van der Waals surface area contributed by atoms with E-state index in [0.717, 1.165) is 5.69 Å². The summed E-state index contributed by atoms with van der Waals surface area (Å²) in [5.74, 6) is -0.426. The standard InChI is InChI=1S/C22H15Cl2N3O3/c23-14-7-9-19(18(24)11-14)25-21(29)17-10-13-6-8-16(28)12-20(13)30-22(17)27-26-15-4-2-1-3-5-15/h1-12,26,28H,(H,25,29). The minimum Gasteiger partial charge on any atom is -0.508 e. The summed E-state index contributed by atoms with van der Waals surface area (Å²) in [5.41, 5.74) is 4.59. The number of amides is 1. The maximum atomic E-state index is 13.0. The van der Waals surface area contributed by atoms with Gasteiger partial charge >= 0.3 is 0 Å². The van der Waals surface area contributed by atoms with Crippen molar-refractivity contribution < 1.29 is 14.3 Å². The monoisotopic (exact) mass is 439 g/mol. The Morgan fingerprint density at radius 1 is 0.967 bits per heavy atom. The highest BCUT2D eigenvalue weighted by atomic mass is 35.5. The smallest absolute Gasteiger partial charge is 0.261 e. The molecule has 3 N–H and O–H groups in total. The van der Waals surface area contributed by atoms with E-state index in [1.165, 1.54) is 18.2 Å². The number of fused-ring (bicyclic) bond motifs is 1. The number of anilines is 2. The molecule has 1 amide bonds. The zero-order valence-electron chi connectivity index (χ0n) is 15.4. The van der Waals surface area contributed by atoms with Crippen LogP contribution >= 0.6 is 23.2 Å². The van der Waals surface area contributed by atoms with Gasteiger partial charge in [-0.05, 0) is 48.5 Å². The van der Waals surface area contributed by atoms with Gasteiger partial charge in [-0.15, -0.1) is 5.10 Å². The van der Waals surface area contributed by atoms with Gasteiger partial charge in [-0.25, -0.2) is 0 Å². The molecule has 0 saturated heterocycles. The fraction of sp³-hybridized carbons (Fsp3) is 0. The first kappa shape index (κ1) is 19.8. The number of benzene rings is 3. The van der Waals surface area contributed by atoms with Crippen LogP contribution in [0.4, 0.5) is 11.4 Å². The maximum absolute atomic E-state index is 13.0. The number of para-hydroxylation sites is 1. The van der Waals surface area contributed by atoms with E-state index < -0.39 is 5.91 Å². The summed E-state index contributed by atoms with van der Waals surface area (Å²) >= 11 is 12.1. The molecule has 0 bridgehead atoms. The number of carbonyl (C=O) groups is 1. The Hall–Kier alpha value is -3.48. The molecule has 0 aliphatic rings. The lowest BCUT2D eigenvalue weighted by molar-refractivity contribution is 0.102. The van der Waals surface area contributed by atoms with Gasteiger partial charge < -0.3 is 14.8 Å². The van der Waals surface area contributed by atoms with E-state index >= 15 is 0 Å². The van der Waals surface area contributed by atoms with Crippen LogP contribution < -0.4 is 16.3 Å². The second kappa shape index (κ2) is 8.49. The van der Waals surface area contributed by atoms with Gasteiger partial charge in [0.1, 0.15) is 16.9 Å². The van der Waals surface area contributed by atoms with Crippen molar-refractivity contribution in [3.8, 4) is 5.75 Å². The first-order chi connectivity index (χ1) is 14.5. The number of rotatable bonds is 4. The molecule has 150 valence electrons. The Labute approximate surface area is 181 Å². The van der Waals surface area contributed by atoms with Gasteiger partial charge in [0.15, 0.2) is 0 Å². The lowest BCUT2D eigenvalue weighted by atomic mass is 10.1. The van der Waals surface area contributed by atoms with Crippen molar-refractivity contribution in [1.29, 1.82) is 0 Å². The Morgan fingerprint density at radius 2 is 1.77 bits per heavy atom. The fourth-order valence-corrected chi connectivity index (χ4v) is 3.22. The molecule has 0 unspecified atom stereocenters. The summed E-state index contributed by atoms with van der Waals surface area (Å²) in [7, 11) is 0. The Bertz CT molecular complexity index is 1300. The molecule has 30 heavy (non-hydrogen) atoms.